The topological polar surface area (TPSA) is 56.3 Å². The van der Waals surface area contributed by atoms with Gasteiger partial charge in [0.1, 0.15) is 11.4 Å². The van der Waals surface area contributed by atoms with E-state index in [-0.39, 0.29) is 5.60 Å². The van der Waals surface area contributed by atoms with Gasteiger partial charge in [0.05, 0.1) is 12.4 Å². The molecule has 5 nitrogen and oxygen atoms in total. The molecule has 0 unspecified atom stereocenters. The lowest BCUT2D eigenvalue weighted by atomic mass is 10.0. The van der Waals surface area contributed by atoms with E-state index >= 15 is 0 Å². The lowest BCUT2D eigenvalue weighted by molar-refractivity contribution is 0.135. The summed E-state index contributed by atoms with van der Waals surface area (Å²) < 4.78 is 11.8. The summed E-state index contributed by atoms with van der Waals surface area (Å²) in [6.07, 6.45) is 4.15. The zero-order chi connectivity index (χ0) is 14.9. The molecular weight excluding hydrogens is 266 g/mol. The number of para-hydroxylation sites is 1. The Morgan fingerprint density at radius 3 is 3.00 bits per heavy atom. The van der Waals surface area contributed by atoms with E-state index < -0.39 is 0 Å². The van der Waals surface area contributed by atoms with E-state index in [0.717, 1.165) is 24.3 Å². The third-order valence-electron chi connectivity index (χ3n) is 3.24. The molecule has 0 atom stereocenters. The number of fused-ring (bicyclic) bond motifs is 1. The Balaban J connectivity index is 1.87. The number of benzene rings is 1. The minimum absolute atomic E-state index is 0.195. The van der Waals surface area contributed by atoms with Gasteiger partial charge in [0.2, 0.25) is 5.88 Å². The fraction of sp³-hybridized carbons (Fsp3) is 0.375. The van der Waals surface area contributed by atoms with Crippen LogP contribution in [0.3, 0.4) is 0 Å². The molecule has 1 aromatic carbocycles. The SMILES string of the molecule is CCNc1cncc(Oc2cccc3c2OC(C)(C)C3)n1. The highest BCUT2D eigenvalue weighted by molar-refractivity contribution is 5.51. The number of anilines is 1. The average molecular weight is 285 g/mol. The maximum Gasteiger partial charge on any atom is 0.240 e. The van der Waals surface area contributed by atoms with Crippen LogP contribution in [0.4, 0.5) is 5.82 Å². The van der Waals surface area contributed by atoms with E-state index in [9.17, 15) is 0 Å². The van der Waals surface area contributed by atoms with Crippen molar-refractivity contribution < 1.29 is 9.47 Å². The fourth-order valence-electron chi connectivity index (χ4n) is 2.44. The number of rotatable bonds is 4. The van der Waals surface area contributed by atoms with Gasteiger partial charge in [-0.3, -0.25) is 4.98 Å². The maximum absolute atomic E-state index is 5.99. The van der Waals surface area contributed by atoms with Crippen LogP contribution in [0.1, 0.15) is 26.3 Å². The van der Waals surface area contributed by atoms with Crippen molar-refractivity contribution in [2.75, 3.05) is 11.9 Å². The third kappa shape index (κ3) is 2.91. The Hall–Kier alpha value is -2.30. The lowest BCUT2D eigenvalue weighted by Gasteiger charge is -2.18. The molecule has 1 aliphatic heterocycles. The molecule has 3 rings (SSSR count). The molecule has 5 heteroatoms. The van der Waals surface area contributed by atoms with Crippen molar-refractivity contribution in [1.29, 1.82) is 0 Å². The van der Waals surface area contributed by atoms with E-state index in [0.29, 0.717) is 17.4 Å². The monoisotopic (exact) mass is 285 g/mol. The van der Waals surface area contributed by atoms with Crippen LogP contribution in [0.2, 0.25) is 0 Å². The number of aromatic nitrogens is 2. The van der Waals surface area contributed by atoms with Crippen molar-refractivity contribution in [2.24, 2.45) is 0 Å². The summed E-state index contributed by atoms with van der Waals surface area (Å²) in [7, 11) is 0. The Bertz CT molecular complexity index is 656. The summed E-state index contributed by atoms with van der Waals surface area (Å²) in [4.78, 5) is 8.50. The molecule has 0 fully saturated rings. The van der Waals surface area contributed by atoms with Crippen molar-refractivity contribution >= 4 is 5.82 Å². The molecule has 0 bridgehead atoms. The van der Waals surface area contributed by atoms with Gasteiger partial charge in [-0.15, -0.1) is 0 Å². The zero-order valence-corrected chi connectivity index (χ0v) is 12.5. The molecule has 0 radical (unpaired) electrons. The Morgan fingerprint density at radius 1 is 1.33 bits per heavy atom. The summed E-state index contributed by atoms with van der Waals surface area (Å²) in [5, 5.41) is 3.11. The van der Waals surface area contributed by atoms with Crippen LogP contribution in [-0.4, -0.2) is 22.1 Å². The van der Waals surface area contributed by atoms with Crippen LogP contribution in [0, 0.1) is 0 Å². The molecule has 0 saturated heterocycles. The van der Waals surface area contributed by atoms with Crippen LogP contribution in [0.5, 0.6) is 17.4 Å². The molecule has 2 heterocycles. The summed E-state index contributed by atoms with van der Waals surface area (Å²) in [6.45, 7) is 6.94. The number of nitrogens with one attached hydrogen (secondary N) is 1. The first-order chi connectivity index (χ1) is 10.1. The quantitative estimate of drug-likeness (QED) is 0.933. The molecule has 0 spiro atoms. The van der Waals surface area contributed by atoms with Crippen molar-refractivity contribution in [3.05, 3.63) is 36.2 Å². The van der Waals surface area contributed by atoms with E-state index in [2.05, 4.69) is 35.2 Å². The molecule has 0 amide bonds. The van der Waals surface area contributed by atoms with Crippen molar-refractivity contribution in [3.63, 3.8) is 0 Å². The number of hydrogen-bond acceptors (Lipinski definition) is 5. The van der Waals surface area contributed by atoms with Crippen LogP contribution in [-0.2, 0) is 6.42 Å². The highest BCUT2D eigenvalue weighted by Crippen LogP contribution is 2.42. The summed E-state index contributed by atoms with van der Waals surface area (Å²) in [5.74, 6) is 2.64. The minimum atomic E-state index is -0.195. The molecular formula is C16H19N3O2. The van der Waals surface area contributed by atoms with E-state index in [1.165, 1.54) is 0 Å². The van der Waals surface area contributed by atoms with Gasteiger partial charge in [-0.2, -0.15) is 4.98 Å². The number of hydrogen-bond donors (Lipinski definition) is 1. The first-order valence-electron chi connectivity index (χ1n) is 7.12. The van der Waals surface area contributed by atoms with Gasteiger partial charge in [-0.05, 0) is 26.8 Å². The highest BCUT2D eigenvalue weighted by atomic mass is 16.5. The van der Waals surface area contributed by atoms with Gasteiger partial charge < -0.3 is 14.8 Å². The third-order valence-corrected chi connectivity index (χ3v) is 3.24. The molecule has 1 N–H and O–H groups in total. The van der Waals surface area contributed by atoms with Gasteiger partial charge in [0, 0.05) is 18.5 Å². The largest absolute Gasteiger partial charge is 0.483 e. The van der Waals surface area contributed by atoms with E-state index in [1.54, 1.807) is 12.4 Å². The van der Waals surface area contributed by atoms with Gasteiger partial charge in [0.25, 0.3) is 0 Å². The molecule has 21 heavy (non-hydrogen) atoms. The standard InChI is InChI=1S/C16H19N3O2/c1-4-18-13-9-17-10-14(19-13)20-12-7-5-6-11-8-16(2,3)21-15(11)12/h5-7,9-10H,4,8H2,1-3H3,(H,18,19). The van der Waals surface area contributed by atoms with Crippen LogP contribution in [0.25, 0.3) is 0 Å². The second-order valence-electron chi connectivity index (χ2n) is 5.66. The Kier molecular flexibility index (Phi) is 3.41. The minimum Gasteiger partial charge on any atom is -0.483 e. The molecule has 1 aliphatic rings. The number of nitrogens with zero attached hydrogens (tertiary/aromatic N) is 2. The first-order valence-corrected chi connectivity index (χ1v) is 7.12. The highest BCUT2D eigenvalue weighted by Gasteiger charge is 2.32. The summed E-state index contributed by atoms with van der Waals surface area (Å²) >= 11 is 0. The molecule has 110 valence electrons. The smallest absolute Gasteiger partial charge is 0.240 e. The predicted molar refractivity (Wildman–Crippen MR) is 81.1 cm³/mol. The predicted octanol–water partition coefficient (Wildman–Crippen LogP) is 3.41. The summed E-state index contributed by atoms with van der Waals surface area (Å²) in [6, 6.07) is 5.93. The fourth-order valence-corrected chi connectivity index (χ4v) is 2.44. The summed E-state index contributed by atoms with van der Waals surface area (Å²) in [5.41, 5.74) is 0.965. The Morgan fingerprint density at radius 2 is 2.19 bits per heavy atom. The second kappa shape index (κ2) is 5.24. The van der Waals surface area contributed by atoms with Gasteiger partial charge in [0.15, 0.2) is 11.5 Å². The van der Waals surface area contributed by atoms with E-state index in [4.69, 9.17) is 9.47 Å². The van der Waals surface area contributed by atoms with E-state index in [1.807, 2.05) is 19.1 Å². The van der Waals surface area contributed by atoms with Crippen LogP contribution < -0.4 is 14.8 Å². The average Bonchev–Trinajstić information content (AvgIpc) is 2.75. The van der Waals surface area contributed by atoms with Crippen molar-refractivity contribution in [3.8, 4) is 17.4 Å². The maximum atomic E-state index is 5.99. The molecule has 0 aliphatic carbocycles. The van der Waals surface area contributed by atoms with Crippen LogP contribution in [0.15, 0.2) is 30.6 Å². The normalized spacial score (nSPS) is 15.2. The van der Waals surface area contributed by atoms with Gasteiger partial charge >= 0.3 is 0 Å². The van der Waals surface area contributed by atoms with Crippen LogP contribution >= 0.6 is 0 Å². The molecule has 0 saturated carbocycles. The molecule has 2 aromatic rings. The number of ether oxygens (including phenoxy) is 2. The zero-order valence-electron chi connectivity index (χ0n) is 12.5. The van der Waals surface area contributed by atoms with Gasteiger partial charge in [-0.25, -0.2) is 0 Å². The lowest BCUT2D eigenvalue weighted by Crippen LogP contribution is -2.24. The van der Waals surface area contributed by atoms with Gasteiger partial charge in [-0.1, -0.05) is 12.1 Å². The first kappa shape index (κ1) is 13.7. The molecule has 1 aromatic heterocycles. The van der Waals surface area contributed by atoms with Crippen molar-refractivity contribution in [1.82, 2.24) is 9.97 Å². The Labute approximate surface area is 124 Å². The second-order valence-corrected chi connectivity index (χ2v) is 5.66. The van der Waals surface area contributed by atoms with Crippen molar-refractivity contribution in [2.45, 2.75) is 32.8 Å².